The zero-order valence-electron chi connectivity index (χ0n) is 19.9. The van der Waals surface area contributed by atoms with Gasteiger partial charge in [0.2, 0.25) is 5.91 Å². The van der Waals surface area contributed by atoms with E-state index in [9.17, 15) is 4.79 Å². The van der Waals surface area contributed by atoms with Crippen LogP contribution in [-0.4, -0.2) is 62.0 Å². The summed E-state index contributed by atoms with van der Waals surface area (Å²) in [5, 5.41) is 20.0. The number of anilines is 2. The number of fused-ring (bicyclic) bond motifs is 1. The minimum atomic E-state index is -0.205. The fourth-order valence-corrected chi connectivity index (χ4v) is 5.88. The Morgan fingerprint density at radius 3 is 2.44 bits per heavy atom. The summed E-state index contributed by atoms with van der Waals surface area (Å²) in [6, 6.07) is 11.0. The highest BCUT2D eigenvalue weighted by Crippen LogP contribution is 2.27. The van der Waals surface area contributed by atoms with E-state index < -0.39 is 0 Å². The molecule has 1 aromatic carbocycles. The van der Waals surface area contributed by atoms with Crippen LogP contribution in [0.2, 0.25) is 0 Å². The summed E-state index contributed by atoms with van der Waals surface area (Å²) in [6.07, 6.45) is 7.76. The van der Waals surface area contributed by atoms with E-state index in [1.54, 1.807) is 0 Å². The number of likely N-dealkylation sites (tertiary alicyclic amines) is 1. The van der Waals surface area contributed by atoms with Crippen LogP contribution in [0.1, 0.15) is 44.9 Å². The molecule has 9 heteroatoms. The van der Waals surface area contributed by atoms with Gasteiger partial charge in [0.15, 0.2) is 0 Å². The number of nitrogens with zero attached hydrogens (tertiary/aromatic N) is 3. The van der Waals surface area contributed by atoms with Gasteiger partial charge in [-0.25, -0.2) is 5.43 Å². The first-order valence-corrected chi connectivity index (χ1v) is 13.0. The Hall–Kier alpha value is -2.38. The number of hydrogen-bond donors (Lipinski definition) is 5. The summed E-state index contributed by atoms with van der Waals surface area (Å²) in [4.78, 5) is 17.7. The van der Waals surface area contributed by atoms with Crippen molar-refractivity contribution >= 4 is 17.3 Å². The third-order valence-electron chi connectivity index (χ3n) is 7.89. The second-order valence-electron chi connectivity index (χ2n) is 10.2. The molecule has 0 aliphatic carbocycles. The second kappa shape index (κ2) is 10.9. The van der Waals surface area contributed by atoms with Gasteiger partial charge in [0.05, 0.1) is 18.2 Å². The van der Waals surface area contributed by atoms with Crippen molar-refractivity contribution in [3.63, 3.8) is 0 Å². The molecule has 0 spiro atoms. The first-order valence-electron chi connectivity index (χ1n) is 13.0. The van der Waals surface area contributed by atoms with Gasteiger partial charge in [-0.1, -0.05) is 12.8 Å². The molecule has 4 saturated heterocycles. The SMILES string of the molecule is N#CCC1CCN(c2ccc(NC3NC(N4CCCCCC4)NC4CNNC(=O)C43)cc2)CC1. The quantitative estimate of drug-likeness (QED) is 0.445. The molecule has 0 radical (unpaired) electrons. The lowest BCUT2D eigenvalue weighted by atomic mass is 9.91. The van der Waals surface area contributed by atoms with Crippen molar-refractivity contribution in [2.24, 2.45) is 11.8 Å². The standard InChI is InChI=1S/C25H38N8O/c26-12-9-18-10-15-32(16-11-18)20-7-5-19(6-8-20)28-23-22-21(17-27-31-24(22)34)29-25(30-23)33-13-3-1-2-4-14-33/h5-8,18,21-23,25,27-30H,1-4,9-11,13-17H2,(H,31,34). The predicted molar refractivity (Wildman–Crippen MR) is 133 cm³/mol. The van der Waals surface area contributed by atoms with Crippen LogP contribution in [0.3, 0.4) is 0 Å². The normalized spacial score (nSPS) is 31.1. The minimum Gasteiger partial charge on any atom is -0.372 e. The van der Waals surface area contributed by atoms with Crippen LogP contribution in [0.5, 0.6) is 0 Å². The number of benzene rings is 1. The Kier molecular flexibility index (Phi) is 7.50. The van der Waals surface area contributed by atoms with Gasteiger partial charge >= 0.3 is 0 Å². The smallest absolute Gasteiger partial charge is 0.242 e. The topological polar surface area (TPSA) is 107 Å². The van der Waals surface area contributed by atoms with E-state index in [-0.39, 0.29) is 30.3 Å². The van der Waals surface area contributed by atoms with Crippen molar-refractivity contribution in [1.29, 1.82) is 5.26 Å². The summed E-state index contributed by atoms with van der Waals surface area (Å²) >= 11 is 0. The van der Waals surface area contributed by atoms with Gasteiger partial charge in [-0.2, -0.15) is 5.26 Å². The lowest BCUT2D eigenvalue weighted by molar-refractivity contribution is -0.132. The van der Waals surface area contributed by atoms with Crippen molar-refractivity contribution in [3.8, 4) is 6.07 Å². The van der Waals surface area contributed by atoms with Crippen LogP contribution in [-0.2, 0) is 4.79 Å². The number of nitriles is 1. The summed E-state index contributed by atoms with van der Waals surface area (Å²) in [5.74, 6) is 0.345. The van der Waals surface area contributed by atoms with Crippen LogP contribution >= 0.6 is 0 Å². The van der Waals surface area contributed by atoms with E-state index in [1.807, 2.05) is 0 Å². The zero-order chi connectivity index (χ0) is 23.3. The monoisotopic (exact) mass is 466 g/mol. The molecule has 1 aromatic rings. The summed E-state index contributed by atoms with van der Waals surface area (Å²) in [6.45, 7) is 4.87. The maximum Gasteiger partial charge on any atom is 0.242 e. The number of nitrogens with one attached hydrogen (secondary N) is 5. The molecule has 184 valence electrons. The first kappa shape index (κ1) is 23.4. The van der Waals surface area contributed by atoms with Gasteiger partial charge in [-0.3, -0.25) is 25.8 Å². The average Bonchev–Trinajstić information content (AvgIpc) is 3.15. The number of rotatable bonds is 5. The maximum absolute atomic E-state index is 12.8. The second-order valence-corrected chi connectivity index (χ2v) is 10.2. The molecule has 0 saturated carbocycles. The molecule has 1 amide bonds. The molecule has 4 heterocycles. The molecule has 0 aromatic heterocycles. The fraction of sp³-hybridized carbons (Fsp3) is 0.680. The molecule has 0 bridgehead atoms. The molecule has 9 nitrogen and oxygen atoms in total. The zero-order valence-corrected chi connectivity index (χ0v) is 19.9. The summed E-state index contributed by atoms with van der Waals surface area (Å²) in [5.41, 5.74) is 8.10. The Morgan fingerprint density at radius 1 is 1.00 bits per heavy atom. The number of piperidine rings is 1. The number of carbonyl (C=O) groups excluding carboxylic acids is 1. The molecule has 4 atom stereocenters. The Labute approximate surface area is 202 Å². The van der Waals surface area contributed by atoms with Gasteiger partial charge in [0, 0.05) is 56.6 Å². The molecular weight excluding hydrogens is 428 g/mol. The minimum absolute atomic E-state index is 0.0138. The molecule has 4 unspecified atom stereocenters. The maximum atomic E-state index is 12.8. The van der Waals surface area contributed by atoms with E-state index in [0.29, 0.717) is 18.9 Å². The predicted octanol–water partition coefficient (Wildman–Crippen LogP) is 1.53. The first-order chi connectivity index (χ1) is 16.7. The van der Waals surface area contributed by atoms with Gasteiger partial charge in [0.25, 0.3) is 0 Å². The van der Waals surface area contributed by atoms with Crippen LogP contribution in [0.4, 0.5) is 11.4 Å². The molecule has 4 aliphatic rings. The van der Waals surface area contributed by atoms with E-state index in [1.165, 1.54) is 31.4 Å². The number of carbonyl (C=O) groups is 1. The van der Waals surface area contributed by atoms with Crippen molar-refractivity contribution in [2.75, 3.05) is 42.9 Å². The lowest BCUT2D eigenvalue weighted by Gasteiger charge is -2.48. The highest BCUT2D eigenvalue weighted by molar-refractivity contribution is 5.81. The molecule has 5 rings (SSSR count). The van der Waals surface area contributed by atoms with Crippen molar-refractivity contribution in [3.05, 3.63) is 24.3 Å². The Balaban J connectivity index is 1.25. The third kappa shape index (κ3) is 5.31. The Bertz CT molecular complexity index is 855. The van der Waals surface area contributed by atoms with Crippen molar-refractivity contribution in [2.45, 2.75) is 63.4 Å². The number of hydrogen-bond acceptors (Lipinski definition) is 8. The largest absolute Gasteiger partial charge is 0.372 e. The van der Waals surface area contributed by atoms with Gasteiger partial charge in [-0.15, -0.1) is 0 Å². The summed E-state index contributed by atoms with van der Waals surface area (Å²) in [7, 11) is 0. The fourth-order valence-electron chi connectivity index (χ4n) is 5.88. The molecule has 4 fully saturated rings. The van der Waals surface area contributed by atoms with Crippen LogP contribution in [0.25, 0.3) is 0 Å². The molecule has 4 aliphatic heterocycles. The van der Waals surface area contributed by atoms with Gasteiger partial charge < -0.3 is 10.2 Å². The van der Waals surface area contributed by atoms with Crippen LogP contribution < -0.4 is 31.7 Å². The lowest BCUT2D eigenvalue weighted by Crippen LogP contribution is -2.76. The van der Waals surface area contributed by atoms with Gasteiger partial charge in [-0.05, 0) is 55.9 Å². The third-order valence-corrected chi connectivity index (χ3v) is 7.89. The van der Waals surface area contributed by atoms with Crippen molar-refractivity contribution in [1.82, 2.24) is 26.4 Å². The average molecular weight is 467 g/mol. The van der Waals surface area contributed by atoms with Crippen molar-refractivity contribution < 1.29 is 4.79 Å². The highest BCUT2D eigenvalue weighted by atomic mass is 16.2. The van der Waals surface area contributed by atoms with Crippen LogP contribution in [0, 0.1) is 23.2 Å². The number of hydrazine groups is 1. The van der Waals surface area contributed by atoms with E-state index >= 15 is 0 Å². The number of amides is 1. The summed E-state index contributed by atoms with van der Waals surface area (Å²) < 4.78 is 0. The molecular formula is C25H38N8O. The van der Waals surface area contributed by atoms with Gasteiger partial charge in [0.1, 0.15) is 6.29 Å². The van der Waals surface area contributed by atoms with E-state index in [4.69, 9.17) is 5.26 Å². The Morgan fingerprint density at radius 2 is 1.74 bits per heavy atom. The highest BCUT2D eigenvalue weighted by Gasteiger charge is 2.44. The molecule has 5 N–H and O–H groups in total. The molecule has 34 heavy (non-hydrogen) atoms. The van der Waals surface area contributed by atoms with E-state index in [2.05, 4.69) is 66.9 Å². The van der Waals surface area contributed by atoms with Crippen LogP contribution in [0.15, 0.2) is 24.3 Å². The van der Waals surface area contributed by atoms with E-state index in [0.717, 1.165) is 44.7 Å².